The zero-order valence-corrected chi connectivity index (χ0v) is 11.2. The predicted molar refractivity (Wildman–Crippen MR) is 77.4 cm³/mol. The van der Waals surface area contributed by atoms with E-state index in [0.29, 0.717) is 11.3 Å². The van der Waals surface area contributed by atoms with Gasteiger partial charge in [-0.1, -0.05) is 36.7 Å². The normalized spacial score (nSPS) is 10.2. The number of pyridine rings is 1. The Hall–Kier alpha value is -2.07. The average Bonchev–Trinajstić information content (AvgIpc) is 2.42. The van der Waals surface area contributed by atoms with Gasteiger partial charge in [-0.15, -0.1) is 0 Å². The summed E-state index contributed by atoms with van der Waals surface area (Å²) in [5, 5.41) is 3.08. The molecule has 5 heteroatoms. The van der Waals surface area contributed by atoms with E-state index in [9.17, 15) is 4.79 Å². The van der Waals surface area contributed by atoms with Gasteiger partial charge in [0.15, 0.2) is 0 Å². The van der Waals surface area contributed by atoms with Gasteiger partial charge in [0.25, 0.3) is 5.91 Å². The summed E-state index contributed by atoms with van der Waals surface area (Å²) in [6.07, 6.45) is 2.21. The third-order valence-electron chi connectivity index (χ3n) is 2.79. The van der Waals surface area contributed by atoms with Gasteiger partial charge in [-0.25, -0.2) is 4.98 Å². The van der Waals surface area contributed by atoms with Crippen LogP contribution in [0, 0.1) is 0 Å². The third kappa shape index (κ3) is 3.03. The van der Waals surface area contributed by atoms with Crippen LogP contribution in [0.3, 0.4) is 0 Å². The molecule has 0 atom stereocenters. The smallest absolute Gasteiger partial charge is 0.257 e. The fourth-order valence-corrected chi connectivity index (χ4v) is 1.94. The maximum Gasteiger partial charge on any atom is 0.257 e. The van der Waals surface area contributed by atoms with Crippen LogP contribution in [0.2, 0.25) is 5.15 Å². The van der Waals surface area contributed by atoms with Crippen molar-refractivity contribution in [3.05, 3.63) is 52.8 Å². The highest BCUT2D eigenvalue weighted by Gasteiger charge is 2.12. The molecule has 1 heterocycles. The summed E-state index contributed by atoms with van der Waals surface area (Å²) in [6, 6.07) is 9.10. The molecule has 1 aromatic carbocycles. The highest BCUT2D eigenvalue weighted by atomic mass is 35.5. The van der Waals surface area contributed by atoms with Crippen molar-refractivity contribution in [3.63, 3.8) is 0 Å². The second-order valence-corrected chi connectivity index (χ2v) is 4.45. The van der Waals surface area contributed by atoms with E-state index in [-0.39, 0.29) is 11.1 Å². The zero-order valence-electron chi connectivity index (χ0n) is 10.5. The van der Waals surface area contributed by atoms with E-state index in [0.717, 1.165) is 17.7 Å². The highest BCUT2D eigenvalue weighted by molar-refractivity contribution is 6.30. The summed E-state index contributed by atoms with van der Waals surface area (Å²) >= 11 is 5.78. The Balaban J connectivity index is 2.28. The van der Waals surface area contributed by atoms with Gasteiger partial charge in [0.05, 0.1) is 17.4 Å². The van der Waals surface area contributed by atoms with Crippen molar-refractivity contribution in [2.24, 2.45) is 0 Å². The molecule has 2 rings (SSSR count). The van der Waals surface area contributed by atoms with Gasteiger partial charge in [-0.05, 0) is 24.1 Å². The lowest BCUT2D eigenvalue weighted by atomic mass is 10.1. The van der Waals surface area contributed by atoms with E-state index in [2.05, 4.69) is 10.3 Å². The number of nitrogen functional groups attached to an aromatic ring is 1. The Kier molecular flexibility index (Phi) is 4.02. The predicted octanol–water partition coefficient (Wildman–Crippen LogP) is 3.13. The first-order chi connectivity index (χ1) is 9.11. The second-order valence-electron chi connectivity index (χ2n) is 4.06. The molecule has 3 N–H and O–H groups in total. The number of anilines is 2. The number of carbonyl (C=O) groups is 1. The number of benzene rings is 1. The van der Waals surface area contributed by atoms with E-state index >= 15 is 0 Å². The summed E-state index contributed by atoms with van der Waals surface area (Å²) < 4.78 is 0. The van der Waals surface area contributed by atoms with Crippen molar-refractivity contribution in [1.82, 2.24) is 4.98 Å². The van der Waals surface area contributed by atoms with Crippen LogP contribution in [0.25, 0.3) is 0 Å². The topological polar surface area (TPSA) is 68.0 Å². The Morgan fingerprint density at radius 3 is 2.89 bits per heavy atom. The van der Waals surface area contributed by atoms with Crippen LogP contribution in [0.15, 0.2) is 36.5 Å². The first-order valence-corrected chi connectivity index (χ1v) is 6.30. The molecule has 0 aliphatic heterocycles. The number of para-hydroxylation sites is 1. The molecule has 0 bridgehead atoms. The molecule has 1 amide bonds. The molecule has 0 aliphatic rings. The Labute approximate surface area is 116 Å². The standard InChI is InChI=1S/C14H14ClN3O/c1-2-9-5-3-4-6-12(9)18-14(19)10-7-13(15)17-8-11(10)16/h3-8H,2,16H2,1H3,(H,18,19). The number of hydrogen-bond donors (Lipinski definition) is 2. The molecule has 0 fully saturated rings. The number of aryl methyl sites for hydroxylation is 1. The first-order valence-electron chi connectivity index (χ1n) is 5.92. The number of nitrogens with zero attached hydrogens (tertiary/aromatic N) is 1. The lowest BCUT2D eigenvalue weighted by molar-refractivity contribution is 0.102. The molecule has 0 unspecified atom stereocenters. The number of amides is 1. The fraction of sp³-hybridized carbons (Fsp3) is 0.143. The van der Waals surface area contributed by atoms with E-state index < -0.39 is 0 Å². The Morgan fingerprint density at radius 2 is 2.16 bits per heavy atom. The van der Waals surface area contributed by atoms with Gasteiger partial charge in [0, 0.05) is 5.69 Å². The summed E-state index contributed by atoms with van der Waals surface area (Å²) in [4.78, 5) is 16.0. The molecule has 0 aliphatic carbocycles. The number of halogens is 1. The van der Waals surface area contributed by atoms with Crippen LogP contribution in [0.4, 0.5) is 11.4 Å². The maximum absolute atomic E-state index is 12.2. The first kappa shape index (κ1) is 13.4. The largest absolute Gasteiger partial charge is 0.397 e. The molecule has 0 saturated heterocycles. The van der Waals surface area contributed by atoms with E-state index in [1.54, 1.807) is 0 Å². The number of nitrogens with one attached hydrogen (secondary N) is 1. The molecule has 2 aromatic rings. The minimum Gasteiger partial charge on any atom is -0.397 e. The van der Waals surface area contributed by atoms with Crippen molar-refractivity contribution in [3.8, 4) is 0 Å². The molecule has 98 valence electrons. The molecular formula is C14H14ClN3O. The van der Waals surface area contributed by atoms with Crippen molar-refractivity contribution >= 4 is 28.9 Å². The number of nitrogens with two attached hydrogens (primary N) is 1. The number of aromatic nitrogens is 1. The number of hydrogen-bond acceptors (Lipinski definition) is 3. The lowest BCUT2D eigenvalue weighted by Gasteiger charge is -2.10. The minimum atomic E-state index is -0.289. The highest BCUT2D eigenvalue weighted by Crippen LogP contribution is 2.20. The Bertz CT molecular complexity index is 613. The van der Waals surface area contributed by atoms with Crippen LogP contribution in [-0.2, 0) is 6.42 Å². The molecule has 0 saturated carbocycles. The van der Waals surface area contributed by atoms with Crippen molar-refractivity contribution < 1.29 is 4.79 Å². The molecular weight excluding hydrogens is 262 g/mol. The monoisotopic (exact) mass is 275 g/mol. The summed E-state index contributed by atoms with van der Waals surface area (Å²) in [6.45, 7) is 2.03. The van der Waals surface area contributed by atoms with Gasteiger partial charge in [-0.2, -0.15) is 0 Å². The van der Waals surface area contributed by atoms with Crippen LogP contribution in [-0.4, -0.2) is 10.9 Å². The van der Waals surface area contributed by atoms with Crippen molar-refractivity contribution in [1.29, 1.82) is 0 Å². The van der Waals surface area contributed by atoms with Crippen LogP contribution in [0.5, 0.6) is 0 Å². The van der Waals surface area contributed by atoms with Gasteiger partial charge in [0.2, 0.25) is 0 Å². The molecule has 19 heavy (non-hydrogen) atoms. The van der Waals surface area contributed by atoms with Gasteiger partial charge in [-0.3, -0.25) is 4.79 Å². The molecule has 0 radical (unpaired) electrons. The summed E-state index contributed by atoms with van der Waals surface area (Å²) in [5.41, 5.74) is 8.20. The maximum atomic E-state index is 12.2. The number of carbonyl (C=O) groups excluding carboxylic acids is 1. The Morgan fingerprint density at radius 1 is 1.42 bits per heavy atom. The van der Waals surface area contributed by atoms with Gasteiger partial charge in [0.1, 0.15) is 5.15 Å². The summed E-state index contributed by atoms with van der Waals surface area (Å²) in [5.74, 6) is -0.289. The average molecular weight is 276 g/mol. The van der Waals surface area contributed by atoms with Gasteiger partial charge < -0.3 is 11.1 Å². The van der Waals surface area contributed by atoms with Crippen LogP contribution in [0.1, 0.15) is 22.8 Å². The molecule has 1 aromatic heterocycles. The molecule has 4 nitrogen and oxygen atoms in total. The van der Waals surface area contributed by atoms with Crippen LogP contribution < -0.4 is 11.1 Å². The van der Waals surface area contributed by atoms with Gasteiger partial charge >= 0.3 is 0 Å². The minimum absolute atomic E-state index is 0.239. The van der Waals surface area contributed by atoms with E-state index in [4.69, 9.17) is 17.3 Å². The third-order valence-corrected chi connectivity index (χ3v) is 3.00. The van der Waals surface area contributed by atoms with E-state index in [1.807, 2.05) is 31.2 Å². The fourth-order valence-electron chi connectivity index (χ4n) is 1.78. The lowest BCUT2D eigenvalue weighted by Crippen LogP contribution is -2.15. The quantitative estimate of drug-likeness (QED) is 0.846. The zero-order chi connectivity index (χ0) is 13.8. The van der Waals surface area contributed by atoms with Crippen molar-refractivity contribution in [2.75, 3.05) is 11.1 Å². The van der Waals surface area contributed by atoms with Crippen molar-refractivity contribution in [2.45, 2.75) is 13.3 Å². The second kappa shape index (κ2) is 5.71. The SMILES string of the molecule is CCc1ccccc1NC(=O)c1cc(Cl)ncc1N. The summed E-state index contributed by atoms with van der Waals surface area (Å²) in [7, 11) is 0. The number of rotatable bonds is 3. The van der Waals surface area contributed by atoms with E-state index in [1.165, 1.54) is 12.3 Å². The van der Waals surface area contributed by atoms with Crippen LogP contribution >= 0.6 is 11.6 Å². The molecule has 0 spiro atoms.